The predicted molar refractivity (Wildman–Crippen MR) is 86.5 cm³/mol. The van der Waals surface area contributed by atoms with Gasteiger partial charge in [-0.05, 0) is 25.5 Å². The molecule has 1 atom stereocenters. The zero-order valence-corrected chi connectivity index (χ0v) is 14.2. The summed E-state index contributed by atoms with van der Waals surface area (Å²) in [5.74, 6) is -0.638. The monoisotopic (exact) mass is 357 g/mol. The number of piperazine rings is 1. The number of benzene rings is 1. The standard InChI is InChI=1S/C17H22F3N3O2/c1-11(2)22-15(24)9-14-16(25)21-7-8-23(14)10-12-5-3-4-6-13(12)17(18,19)20/h3-6,11,14H,7-10H2,1-2H3,(H,21,25)(H,22,24). The van der Waals surface area contributed by atoms with Crippen molar-refractivity contribution < 1.29 is 22.8 Å². The maximum absolute atomic E-state index is 13.2. The van der Waals surface area contributed by atoms with Crippen molar-refractivity contribution in [2.75, 3.05) is 13.1 Å². The molecule has 5 nitrogen and oxygen atoms in total. The summed E-state index contributed by atoms with van der Waals surface area (Å²) in [6.07, 6.45) is -4.54. The normalized spacial score (nSPS) is 19.0. The van der Waals surface area contributed by atoms with Gasteiger partial charge in [0.05, 0.1) is 18.0 Å². The summed E-state index contributed by atoms with van der Waals surface area (Å²) in [6, 6.07) is 4.45. The number of hydrogen-bond donors (Lipinski definition) is 2. The van der Waals surface area contributed by atoms with Crippen molar-refractivity contribution in [2.45, 2.75) is 45.1 Å². The molecule has 0 spiro atoms. The lowest BCUT2D eigenvalue weighted by Crippen LogP contribution is -2.56. The van der Waals surface area contributed by atoms with Gasteiger partial charge in [-0.3, -0.25) is 14.5 Å². The van der Waals surface area contributed by atoms with Crippen LogP contribution in [0, 0.1) is 0 Å². The molecule has 2 rings (SSSR count). The minimum atomic E-state index is -4.46. The van der Waals surface area contributed by atoms with Gasteiger partial charge in [-0.25, -0.2) is 0 Å². The molecule has 25 heavy (non-hydrogen) atoms. The second kappa shape index (κ2) is 7.86. The molecule has 1 aliphatic heterocycles. The molecule has 138 valence electrons. The first-order valence-corrected chi connectivity index (χ1v) is 8.14. The van der Waals surface area contributed by atoms with Crippen LogP contribution >= 0.6 is 0 Å². The molecule has 0 radical (unpaired) electrons. The second-order valence-electron chi connectivity index (χ2n) is 6.36. The van der Waals surface area contributed by atoms with Crippen molar-refractivity contribution in [3.05, 3.63) is 35.4 Å². The molecule has 1 fully saturated rings. The molecule has 2 amide bonds. The number of alkyl halides is 3. The summed E-state index contributed by atoms with van der Waals surface area (Å²) >= 11 is 0. The van der Waals surface area contributed by atoms with Crippen LogP contribution in [0.2, 0.25) is 0 Å². The van der Waals surface area contributed by atoms with Crippen molar-refractivity contribution in [1.82, 2.24) is 15.5 Å². The third-order valence-electron chi connectivity index (χ3n) is 3.97. The summed E-state index contributed by atoms with van der Waals surface area (Å²) in [4.78, 5) is 25.8. The molecule has 0 saturated carbocycles. The van der Waals surface area contributed by atoms with Crippen LogP contribution in [0.5, 0.6) is 0 Å². The Morgan fingerprint density at radius 1 is 1.36 bits per heavy atom. The van der Waals surface area contributed by atoms with Gasteiger partial charge in [0.2, 0.25) is 11.8 Å². The first-order chi connectivity index (χ1) is 11.7. The first-order valence-electron chi connectivity index (χ1n) is 8.14. The summed E-state index contributed by atoms with van der Waals surface area (Å²) in [5, 5.41) is 5.37. The van der Waals surface area contributed by atoms with Gasteiger partial charge >= 0.3 is 6.18 Å². The van der Waals surface area contributed by atoms with Crippen LogP contribution in [-0.4, -0.2) is 41.9 Å². The second-order valence-corrected chi connectivity index (χ2v) is 6.36. The lowest BCUT2D eigenvalue weighted by Gasteiger charge is -2.35. The number of carbonyl (C=O) groups excluding carboxylic acids is 2. The Balaban J connectivity index is 2.18. The van der Waals surface area contributed by atoms with E-state index < -0.39 is 17.8 Å². The van der Waals surface area contributed by atoms with E-state index in [9.17, 15) is 22.8 Å². The zero-order valence-electron chi connectivity index (χ0n) is 14.2. The largest absolute Gasteiger partial charge is 0.416 e. The fourth-order valence-corrected chi connectivity index (χ4v) is 2.88. The van der Waals surface area contributed by atoms with Gasteiger partial charge in [0.1, 0.15) is 0 Å². The van der Waals surface area contributed by atoms with Crippen LogP contribution in [-0.2, 0) is 22.3 Å². The molecule has 1 aliphatic rings. The Kier molecular flexibility index (Phi) is 6.05. The fourth-order valence-electron chi connectivity index (χ4n) is 2.88. The van der Waals surface area contributed by atoms with Crippen molar-refractivity contribution in [1.29, 1.82) is 0 Å². The Morgan fingerprint density at radius 2 is 2.04 bits per heavy atom. The number of halogens is 3. The van der Waals surface area contributed by atoms with E-state index in [-0.39, 0.29) is 36.4 Å². The molecule has 0 aromatic heterocycles. The Morgan fingerprint density at radius 3 is 2.68 bits per heavy atom. The van der Waals surface area contributed by atoms with Crippen LogP contribution in [0.4, 0.5) is 13.2 Å². The van der Waals surface area contributed by atoms with Crippen LogP contribution in [0.3, 0.4) is 0 Å². The van der Waals surface area contributed by atoms with E-state index in [1.165, 1.54) is 18.2 Å². The Labute approximate surface area is 144 Å². The maximum Gasteiger partial charge on any atom is 0.416 e. The molecular formula is C17H22F3N3O2. The highest BCUT2D eigenvalue weighted by atomic mass is 19.4. The SMILES string of the molecule is CC(C)NC(=O)CC1C(=O)NCCN1Cc1ccccc1C(F)(F)F. The highest BCUT2D eigenvalue weighted by Crippen LogP contribution is 2.32. The van der Waals surface area contributed by atoms with E-state index in [4.69, 9.17) is 0 Å². The molecule has 0 bridgehead atoms. The number of amides is 2. The first kappa shape index (κ1) is 19.2. The third kappa shape index (κ3) is 5.19. The minimum Gasteiger partial charge on any atom is -0.354 e. The van der Waals surface area contributed by atoms with E-state index in [2.05, 4.69) is 10.6 Å². The molecular weight excluding hydrogens is 335 g/mol. The zero-order chi connectivity index (χ0) is 18.6. The summed E-state index contributed by atoms with van der Waals surface area (Å²) in [6.45, 7) is 4.29. The van der Waals surface area contributed by atoms with Crippen molar-refractivity contribution >= 4 is 11.8 Å². The van der Waals surface area contributed by atoms with Gasteiger partial charge in [-0.15, -0.1) is 0 Å². The van der Waals surface area contributed by atoms with Crippen LogP contribution in [0.15, 0.2) is 24.3 Å². The number of carbonyl (C=O) groups is 2. The van der Waals surface area contributed by atoms with Gasteiger partial charge in [-0.2, -0.15) is 13.2 Å². The molecule has 1 aromatic rings. The van der Waals surface area contributed by atoms with Crippen molar-refractivity contribution in [3.8, 4) is 0 Å². The topological polar surface area (TPSA) is 61.4 Å². The van der Waals surface area contributed by atoms with E-state index in [1.54, 1.807) is 18.7 Å². The number of hydrogen-bond acceptors (Lipinski definition) is 3. The maximum atomic E-state index is 13.2. The van der Waals surface area contributed by atoms with E-state index >= 15 is 0 Å². The van der Waals surface area contributed by atoms with E-state index in [0.29, 0.717) is 13.1 Å². The molecule has 1 saturated heterocycles. The van der Waals surface area contributed by atoms with Crippen LogP contribution in [0.25, 0.3) is 0 Å². The highest BCUT2D eigenvalue weighted by molar-refractivity contribution is 5.88. The fraction of sp³-hybridized carbons (Fsp3) is 0.529. The predicted octanol–water partition coefficient (Wildman–Crippen LogP) is 1.92. The van der Waals surface area contributed by atoms with Crippen LogP contribution < -0.4 is 10.6 Å². The van der Waals surface area contributed by atoms with Gasteiger partial charge < -0.3 is 10.6 Å². The van der Waals surface area contributed by atoms with E-state index in [1.807, 2.05) is 0 Å². The lowest BCUT2D eigenvalue weighted by atomic mass is 10.0. The summed E-state index contributed by atoms with van der Waals surface area (Å²) in [7, 11) is 0. The van der Waals surface area contributed by atoms with Gasteiger partial charge in [0, 0.05) is 25.7 Å². The molecule has 2 N–H and O–H groups in total. The van der Waals surface area contributed by atoms with Gasteiger partial charge in [-0.1, -0.05) is 18.2 Å². The Hall–Kier alpha value is -2.09. The molecule has 1 heterocycles. The quantitative estimate of drug-likeness (QED) is 0.846. The smallest absolute Gasteiger partial charge is 0.354 e. The molecule has 8 heteroatoms. The van der Waals surface area contributed by atoms with Crippen molar-refractivity contribution in [3.63, 3.8) is 0 Å². The number of nitrogens with zero attached hydrogens (tertiary/aromatic N) is 1. The number of nitrogens with one attached hydrogen (secondary N) is 2. The summed E-state index contributed by atoms with van der Waals surface area (Å²) in [5.41, 5.74) is -0.620. The third-order valence-corrected chi connectivity index (χ3v) is 3.97. The van der Waals surface area contributed by atoms with E-state index in [0.717, 1.165) is 6.07 Å². The molecule has 1 unspecified atom stereocenters. The van der Waals surface area contributed by atoms with Gasteiger partial charge in [0.15, 0.2) is 0 Å². The Bertz CT molecular complexity index is 632. The summed E-state index contributed by atoms with van der Waals surface area (Å²) < 4.78 is 39.5. The highest BCUT2D eigenvalue weighted by Gasteiger charge is 2.36. The average Bonchev–Trinajstić information content (AvgIpc) is 2.49. The van der Waals surface area contributed by atoms with Crippen LogP contribution in [0.1, 0.15) is 31.4 Å². The lowest BCUT2D eigenvalue weighted by molar-refractivity contribution is -0.139. The number of rotatable bonds is 5. The molecule has 1 aromatic carbocycles. The average molecular weight is 357 g/mol. The molecule has 0 aliphatic carbocycles. The van der Waals surface area contributed by atoms with Gasteiger partial charge in [0.25, 0.3) is 0 Å². The minimum absolute atomic E-state index is 0.0390. The van der Waals surface area contributed by atoms with Crippen molar-refractivity contribution in [2.24, 2.45) is 0 Å².